The van der Waals surface area contributed by atoms with Crippen LogP contribution in [-0.2, 0) is 4.74 Å². The zero-order valence-corrected chi connectivity index (χ0v) is 8.20. The molecule has 4 heteroatoms. The summed E-state index contributed by atoms with van der Waals surface area (Å²) in [5, 5.41) is 0. The van der Waals surface area contributed by atoms with Crippen molar-refractivity contribution in [3.63, 3.8) is 0 Å². The Labute approximate surface area is 81.6 Å². The average molecular weight is 192 g/mol. The number of aromatic nitrogens is 1. The Bertz CT molecular complexity index is 411. The number of hydrogen-bond acceptors (Lipinski definition) is 3. The Morgan fingerprint density at radius 2 is 2.29 bits per heavy atom. The zero-order chi connectivity index (χ0) is 10.2. The number of H-pyrrole nitrogens is 1. The first kappa shape index (κ1) is 8.99. The van der Waals surface area contributed by atoms with Crippen molar-refractivity contribution in [1.82, 2.24) is 4.98 Å². The van der Waals surface area contributed by atoms with Crippen LogP contribution in [0.25, 0.3) is 0 Å². The summed E-state index contributed by atoms with van der Waals surface area (Å²) < 4.78 is 5.42. The highest BCUT2D eigenvalue weighted by molar-refractivity contribution is 5.95. The molecule has 4 nitrogen and oxygen atoms in total. The second-order valence-electron chi connectivity index (χ2n) is 3.96. The van der Waals surface area contributed by atoms with E-state index in [9.17, 15) is 4.79 Å². The summed E-state index contributed by atoms with van der Waals surface area (Å²) in [5.41, 5.74) is 0.535. The Hall–Kier alpha value is -1.58. The van der Waals surface area contributed by atoms with Crippen LogP contribution >= 0.6 is 0 Å². The van der Waals surface area contributed by atoms with Gasteiger partial charge in [0.25, 0.3) is 0 Å². The van der Waals surface area contributed by atoms with Gasteiger partial charge in [-0.15, -0.1) is 0 Å². The van der Waals surface area contributed by atoms with E-state index in [1.807, 2.05) is 13.8 Å². The normalized spacial score (nSPS) is 18.9. The van der Waals surface area contributed by atoms with Crippen LogP contribution in [0.3, 0.4) is 0 Å². The molecule has 2 heterocycles. The van der Waals surface area contributed by atoms with Crippen LogP contribution < -0.4 is 5.56 Å². The van der Waals surface area contributed by atoms with Gasteiger partial charge in [0.2, 0.25) is 11.5 Å². The number of ether oxygens (including phenoxy) is 1. The highest BCUT2D eigenvalue weighted by Crippen LogP contribution is 2.19. The summed E-state index contributed by atoms with van der Waals surface area (Å²) in [4.78, 5) is 17.8. The standard InChI is InChI=1S/C10H12N2O2/c1-10(2)6-14-9(12-10)7-3-4-8(13)11-5-7/h3-5H,6H2,1-2H3,(H,11,13). The van der Waals surface area contributed by atoms with Crippen molar-refractivity contribution >= 4 is 5.90 Å². The molecular formula is C10H12N2O2. The Morgan fingerprint density at radius 3 is 2.79 bits per heavy atom. The maximum atomic E-state index is 10.8. The minimum Gasteiger partial charge on any atom is -0.475 e. The fraction of sp³-hybridized carbons (Fsp3) is 0.400. The first-order valence-corrected chi connectivity index (χ1v) is 4.49. The van der Waals surface area contributed by atoms with Crippen molar-refractivity contribution in [1.29, 1.82) is 0 Å². The van der Waals surface area contributed by atoms with Crippen molar-refractivity contribution in [2.45, 2.75) is 19.4 Å². The molecule has 0 atom stereocenters. The van der Waals surface area contributed by atoms with Crippen LogP contribution in [0.4, 0.5) is 0 Å². The molecule has 1 aromatic rings. The molecule has 1 N–H and O–H groups in total. The summed E-state index contributed by atoms with van der Waals surface area (Å²) in [7, 11) is 0. The maximum Gasteiger partial charge on any atom is 0.247 e. The number of aliphatic imine (C=N–C) groups is 1. The SMILES string of the molecule is CC1(C)COC(c2ccc(=O)[nH]c2)=N1. The number of rotatable bonds is 1. The summed E-state index contributed by atoms with van der Waals surface area (Å²) >= 11 is 0. The van der Waals surface area contributed by atoms with Gasteiger partial charge in [-0.25, -0.2) is 4.99 Å². The van der Waals surface area contributed by atoms with Crippen LogP contribution in [0.5, 0.6) is 0 Å². The van der Waals surface area contributed by atoms with E-state index in [0.717, 1.165) is 5.56 Å². The molecule has 0 spiro atoms. The molecule has 0 bridgehead atoms. The molecule has 14 heavy (non-hydrogen) atoms. The molecule has 1 aliphatic heterocycles. The van der Waals surface area contributed by atoms with E-state index < -0.39 is 0 Å². The Kier molecular flexibility index (Phi) is 1.91. The molecular weight excluding hydrogens is 180 g/mol. The van der Waals surface area contributed by atoms with Crippen molar-refractivity contribution in [2.24, 2.45) is 4.99 Å². The Balaban J connectivity index is 2.33. The van der Waals surface area contributed by atoms with Gasteiger partial charge in [-0.1, -0.05) is 0 Å². The van der Waals surface area contributed by atoms with Crippen molar-refractivity contribution in [2.75, 3.05) is 6.61 Å². The molecule has 1 aliphatic rings. The van der Waals surface area contributed by atoms with Crippen LogP contribution in [0, 0.1) is 0 Å². The highest BCUT2D eigenvalue weighted by Gasteiger charge is 2.26. The number of pyridine rings is 1. The van der Waals surface area contributed by atoms with E-state index in [4.69, 9.17) is 4.74 Å². The fourth-order valence-electron chi connectivity index (χ4n) is 1.28. The summed E-state index contributed by atoms with van der Waals surface area (Å²) in [6.45, 7) is 4.60. The molecule has 0 aromatic carbocycles. The lowest BCUT2D eigenvalue weighted by Crippen LogP contribution is -2.17. The number of nitrogens with zero attached hydrogens (tertiary/aromatic N) is 1. The van der Waals surface area contributed by atoms with Gasteiger partial charge in [0.15, 0.2) is 0 Å². The molecule has 0 saturated carbocycles. The third-order valence-corrected chi connectivity index (χ3v) is 2.00. The minimum atomic E-state index is -0.161. The van der Waals surface area contributed by atoms with E-state index in [0.29, 0.717) is 12.5 Å². The van der Waals surface area contributed by atoms with E-state index in [-0.39, 0.29) is 11.1 Å². The van der Waals surface area contributed by atoms with Crippen molar-refractivity contribution < 1.29 is 4.74 Å². The predicted octanol–water partition coefficient (Wildman–Crippen LogP) is 0.930. The van der Waals surface area contributed by atoms with E-state index in [2.05, 4.69) is 9.98 Å². The van der Waals surface area contributed by atoms with Gasteiger partial charge in [0.05, 0.1) is 11.1 Å². The lowest BCUT2D eigenvalue weighted by molar-refractivity contribution is 0.279. The second-order valence-corrected chi connectivity index (χ2v) is 3.96. The van der Waals surface area contributed by atoms with Gasteiger partial charge in [-0.3, -0.25) is 4.79 Å². The lowest BCUT2D eigenvalue weighted by Gasteiger charge is -2.07. The summed E-state index contributed by atoms with van der Waals surface area (Å²) in [6, 6.07) is 3.17. The maximum absolute atomic E-state index is 10.8. The van der Waals surface area contributed by atoms with E-state index >= 15 is 0 Å². The summed E-state index contributed by atoms with van der Waals surface area (Å²) in [6.07, 6.45) is 1.61. The Morgan fingerprint density at radius 1 is 1.50 bits per heavy atom. The predicted molar refractivity (Wildman–Crippen MR) is 53.6 cm³/mol. The van der Waals surface area contributed by atoms with Gasteiger partial charge in [-0.05, 0) is 19.9 Å². The van der Waals surface area contributed by atoms with Crippen molar-refractivity contribution in [3.05, 3.63) is 34.2 Å². The third kappa shape index (κ3) is 1.69. The van der Waals surface area contributed by atoms with Crippen LogP contribution in [0.15, 0.2) is 28.1 Å². The lowest BCUT2D eigenvalue weighted by atomic mass is 10.1. The van der Waals surface area contributed by atoms with Crippen LogP contribution in [0.2, 0.25) is 0 Å². The molecule has 2 rings (SSSR count). The molecule has 0 fully saturated rings. The van der Waals surface area contributed by atoms with Crippen LogP contribution in [0.1, 0.15) is 19.4 Å². The molecule has 0 radical (unpaired) electrons. The van der Waals surface area contributed by atoms with Gasteiger partial charge in [-0.2, -0.15) is 0 Å². The third-order valence-electron chi connectivity index (χ3n) is 2.00. The molecule has 74 valence electrons. The van der Waals surface area contributed by atoms with Crippen LogP contribution in [-0.4, -0.2) is 23.0 Å². The first-order valence-electron chi connectivity index (χ1n) is 4.49. The summed E-state index contributed by atoms with van der Waals surface area (Å²) in [5.74, 6) is 0.603. The topological polar surface area (TPSA) is 54.5 Å². The first-order chi connectivity index (χ1) is 6.57. The van der Waals surface area contributed by atoms with Gasteiger partial charge >= 0.3 is 0 Å². The van der Waals surface area contributed by atoms with Crippen molar-refractivity contribution in [3.8, 4) is 0 Å². The van der Waals surface area contributed by atoms with Gasteiger partial charge < -0.3 is 9.72 Å². The fourth-order valence-corrected chi connectivity index (χ4v) is 1.28. The number of aromatic amines is 1. The average Bonchev–Trinajstić information content (AvgIpc) is 2.47. The van der Waals surface area contributed by atoms with Gasteiger partial charge in [0.1, 0.15) is 6.61 Å². The molecule has 0 amide bonds. The molecule has 1 aromatic heterocycles. The monoisotopic (exact) mass is 192 g/mol. The molecule has 0 saturated heterocycles. The van der Waals surface area contributed by atoms with E-state index in [1.54, 1.807) is 12.3 Å². The van der Waals surface area contributed by atoms with Gasteiger partial charge in [0, 0.05) is 12.3 Å². The largest absolute Gasteiger partial charge is 0.475 e. The second kappa shape index (κ2) is 2.97. The highest BCUT2D eigenvalue weighted by atomic mass is 16.5. The van der Waals surface area contributed by atoms with E-state index in [1.165, 1.54) is 6.07 Å². The smallest absolute Gasteiger partial charge is 0.247 e. The quantitative estimate of drug-likeness (QED) is 0.719. The number of hydrogen-bond donors (Lipinski definition) is 1. The number of nitrogens with one attached hydrogen (secondary N) is 1. The minimum absolute atomic E-state index is 0.119. The molecule has 0 unspecified atom stereocenters. The molecule has 0 aliphatic carbocycles. The zero-order valence-electron chi connectivity index (χ0n) is 8.20.